The standard InChI is InChI=1S/C23H23N5O2/c1-27-15-14-24-22(27)12-13-25-23(29)20-16-21(17-8-10-19(30-2)11-9-17)28(26-20)18-6-4-3-5-7-18/h3-11,14-16H,12-13H2,1-2H3,(H,25,29). The maximum Gasteiger partial charge on any atom is 0.271 e. The summed E-state index contributed by atoms with van der Waals surface area (Å²) in [5.41, 5.74) is 3.03. The Bertz CT molecular complexity index is 1130. The third-order valence-electron chi connectivity index (χ3n) is 4.88. The molecule has 7 heteroatoms. The molecule has 1 amide bonds. The van der Waals surface area contributed by atoms with Crippen LogP contribution in [0.5, 0.6) is 5.75 Å². The van der Waals surface area contributed by atoms with Crippen LogP contribution in [0.4, 0.5) is 0 Å². The van der Waals surface area contributed by atoms with Gasteiger partial charge in [0.2, 0.25) is 0 Å². The molecular weight excluding hydrogens is 378 g/mol. The third kappa shape index (κ3) is 4.10. The summed E-state index contributed by atoms with van der Waals surface area (Å²) in [4.78, 5) is 17.0. The fraction of sp³-hybridized carbons (Fsp3) is 0.174. The number of hydrogen-bond acceptors (Lipinski definition) is 4. The molecule has 7 nitrogen and oxygen atoms in total. The molecule has 0 saturated heterocycles. The highest BCUT2D eigenvalue weighted by Crippen LogP contribution is 2.26. The first-order chi connectivity index (χ1) is 14.7. The number of carbonyl (C=O) groups excluding carboxylic acids is 1. The maximum atomic E-state index is 12.8. The van der Waals surface area contributed by atoms with Crippen LogP contribution in [-0.4, -0.2) is 38.9 Å². The van der Waals surface area contributed by atoms with Crippen molar-refractivity contribution in [3.05, 3.63) is 84.6 Å². The predicted molar refractivity (Wildman–Crippen MR) is 115 cm³/mol. The van der Waals surface area contributed by atoms with E-state index >= 15 is 0 Å². The highest BCUT2D eigenvalue weighted by atomic mass is 16.5. The first-order valence-electron chi connectivity index (χ1n) is 9.70. The Kier molecular flexibility index (Phi) is 5.61. The van der Waals surface area contributed by atoms with E-state index in [9.17, 15) is 4.79 Å². The number of hydrogen-bond donors (Lipinski definition) is 1. The van der Waals surface area contributed by atoms with Crippen molar-refractivity contribution in [2.24, 2.45) is 7.05 Å². The lowest BCUT2D eigenvalue weighted by molar-refractivity contribution is 0.0948. The summed E-state index contributed by atoms with van der Waals surface area (Å²) >= 11 is 0. The second-order valence-electron chi connectivity index (χ2n) is 6.85. The number of aryl methyl sites for hydroxylation is 1. The van der Waals surface area contributed by atoms with Gasteiger partial charge in [0.25, 0.3) is 5.91 Å². The summed E-state index contributed by atoms with van der Waals surface area (Å²) in [5, 5.41) is 7.52. The van der Waals surface area contributed by atoms with E-state index in [0.29, 0.717) is 18.7 Å². The minimum Gasteiger partial charge on any atom is -0.497 e. The van der Waals surface area contributed by atoms with Crippen molar-refractivity contribution >= 4 is 5.91 Å². The van der Waals surface area contributed by atoms with Crippen molar-refractivity contribution in [2.75, 3.05) is 13.7 Å². The molecule has 0 aliphatic rings. The van der Waals surface area contributed by atoms with Crippen LogP contribution in [0.1, 0.15) is 16.3 Å². The van der Waals surface area contributed by atoms with Gasteiger partial charge in [-0.1, -0.05) is 18.2 Å². The zero-order valence-corrected chi connectivity index (χ0v) is 16.9. The van der Waals surface area contributed by atoms with Crippen LogP contribution in [0.15, 0.2) is 73.1 Å². The summed E-state index contributed by atoms with van der Waals surface area (Å²) in [5.74, 6) is 1.48. The lowest BCUT2D eigenvalue weighted by atomic mass is 10.1. The number of nitrogens with zero attached hydrogens (tertiary/aromatic N) is 4. The Labute approximate surface area is 174 Å². The van der Waals surface area contributed by atoms with E-state index in [0.717, 1.165) is 28.5 Å². The lowest BCUT2D eigenvalue weighted by Gasteiger charge is -2.08. The summed E-state index contributed by atoms with van der Waals surface area (Å²) in [7, 11) is 3.57. The van der Waals surface area contributed by atoms with Gasteiger partial charge in [-0.2, -0.15) is 5.10 Å². The molecule has 0 unspecified atom stereocenters. The quantitative estimate of drug-likeness (QED) is 0.516. The number of amides is 1. The average Bonchev–Trinajstić information content (AvgIpc) is 3.41. The predicted octanol–water partition coefficient (Wildman–Crippen LogP) is 3.25. The molecule has 0 bridgehead atoms. The van der Waals surface area contributed by atoms with E-state index in [1.165, 1.54) is 0 Å². The van der Waals surface area contributed by atoms with Crippen molar-refractivity contribution in [3.63, 3.8) is 0 Å². The molecular formula is C23H23N5O2. The Morgan fingerprint density at radius 2 is 1.87 bits per heavy atom. The second kappa shape index (κ2) is 8.65. The fourth-order valence-electron chi connectivity index (χ4n) is 3.24. The summed E-state index contributed by atoms with van der Waals surface area (Å²) in [6.07, 6.45) is 4.29. The number of nitrogens with one attached hydrogen (secondary N) is 1. The van der Waals surface area contributed by atoms with Gasteiger partial charge in [0, 0.05) is 38.0 Å². The molecule has 4 rings (SSSR count). The molecule has 0 aliphatic carbocycles. The van der Waals surface area contributed by atoms with Crippen LogP contribution in [0.25, 0.3) is 16.9 Å². The number of carbonyl (C=O) groups is 1. The van der Waals surface area contributed by atoms with E-state index in [4.69, 9.17) is 4.74 Å². The van der Waals surface area contributed by atoms with Crippen LogP contribution in [-0.2, 0) is 13.5 Å². The molecule has 0 spiro atoms. The van der Waals surface area contributed by atoms with Crippen molar-refractivity contribution in [3.8, 4) is 22.7 Å². The Morgan fingerprint density at radius 3 is 2.53 bits per heavy atom. The molecule has 0 saturated carbocycles. The van der Waals surface area contributed by atoms with E-state index in [1.54, 1.807) is 18.0 Å². The first-order valence-corrected chi connectivity index (χ1v) is 9.70. The number of benzene rings is 2. The van der Waals surface area contributed by atoms with Crippen LogP contribution >= 0.6 is 0 Å². The van der Waals surface area contributed by atoms with E-state index in [-0.39, 0.29) is 5.91 Å². The van der Waals surface area contributed by atoms with Gasteiger partial charge in [-0.25, -0.2) is 9.67 Å². The summed E-state index contributed by atoms with van der Waals surface area (Å²) in [6.45, 7) is 0.486. The van der Waals surface area contributed by atoms with Crippen LogP contribution < -0.4 is 10.1 Å². The zero-order chi connectivity index (χ0) is 20.9. The Hall–Kier alpha value is -3.87. The topological polar surface area (TPSA) is 74.0 Å². The molecule has 0 radical (unpaired) electrons. The fourth-order valence-corrected chi connectivity index (χ4v) is 3.24. The normalized spacial score (nSPS) is 10.7. The smallest absolute Gasteiger partial charge is 0.271 e. The van der Waals surface area contributed by atoms with Crippen LogP contribution in [0.3, 0.4) is 0 Å². The van der Waals surface area contributed by atoms with Gasteiger partial charge in [-0.15, -0.1) is 0 Å². The van der Waals surface area contributed by atoms with Gasteiger partial charge < -0.3 is 14.6 Å². The van der Waals surface area contributed by atoms with Crippen LogP contribution in [0.2, 0.25) is 0 Å². The van der Waals surface area contributed by atoms with Crippen LogP contribution in [0, 0.1) is 0 Å². The van der Waals surface area contributed by atoms with Gasteiger partial charge >= 0.3 is 0 Å². The van der Waals surface area contributed by atoms with E-state index < -0.39 is 0 Å². The average molecular weight is 401 g/mol. The molecule has 4 aromatic rings. The number of imidazole rings is 1. The SMILES string of the molecule is COc1ccc(-c2cc(C(=O)NCCc3nccn3C)nn2-c2ccccc2)cc1. The summed E-state index contributed by atoms with van der Waals surface area (Å²) in [6, 6.07) is 19.3. The van der Waals surface area contributed by atoms with Gasteiger partial charge in [0.05, 0.1) is 18.5 Å². The zero-order valence-electron chi connectivity index (χ0n) is 16.9. The molecule has 0 aliphatic heterocycles. The molecule has 2 heterocycles. The molecule has 0 atom stereocenters. The first kappa shape index (κ1) is 19.4. The number of aromatic nitrogens is 4. The second-order valence-corrected chi connectivity index (χ2v) is 6.85. The highest BCUT2D eigenvalue weighted by molar-refractivity contribution is 5.93. The van der Waals surface area contributed by atoms with Crippen molar-refractivity contribution in [1.29, 1.82) is 0 Å². The van der Waals surface area contributed by atoms with E-state index in [2.05, 4.69) is 15.4 Å². The number of para-hydroxylation sites is 1. The third-order valence-corrected chi connectivity index (χ3v) is 4.88. The largest absolute Gasteiger partial charge is 0.497 e. The van der Waals surface area contributed by atoms with Gasteiger partial charge in [-0.3, -0.25) is 4.79 Å². The van der Waals surface area contributed by atoms with Crippen molar-refractivity contribution in [1.82, 2.24) is 24.6 Å². The Balaban J connectivity index is 1.59. The number of rotatable bonds is 7. The number of ether oxygens (including phenoxy) is 1. The maximum absolute atomic E-state index is 12.8. The lowest BCUT2D eigenvalue weighted by Crippen LogP contribution is -2.26. The molecule has 0 fully saturated rings. The molecule has 2 aromatic heterocycles. The van der Waals surface area contributed by atoms with Crippen molar-refractivity contribution < 1.29 is 9.53 Å². The molecule has 30 heavy (non-hydrogen) atoms. The molecule has 2 aromatic carbocycles. The van der Waals surface area contributed by atoms with Gasteiger partial charge in [-0.05, 0) is 42.5 Å². The monoisotopic (exact) mass is 401 g/mol. The summed E-state index contributed by atoms with van der Waals surface area (Å²) < 4.78 is 8.98. The minimum absolute atomic E-state index is 0.214. The Morgan fingerprint density at radius 1 is 1.10 bits per heavy atom. The van der Waals surface area contributed by atoms with Crippen molar-refractivity contribution in [2.45, 2.75) is 6.42 Å². The van der Waals surface area contributed by atoms with Gasteiger partial charge in [0.15, 0.2) is 5.69 Å². The molecule has 1 N–H and O–H groups in total. The minimum atomic E-state index is -0.214. The van der Waals surface area contributed by atoms with E-state index in [1.807, 2.05) is 78.5 Å². The van der Waals surface area contributed by atoms with Gasteiger partial charge in [0.1, 0.15) is 11.6 Å². The molecule has 152 valence electrons. The number of methoxy groups -OCH3 is 1. The highest BCUT2D eigenvalue weighted by Gasteiger charge is 2.17.